The molecule has 1 heterocycles. The fourth-order valence-corrected chi connectivity index (χ4v) is 0.835. The topological polar surface area (TPSA) is 38.1 Å². The van der Waals surface area contributed by atoms with Crippen molar-refractivity contribution in [2.45, 2.75) is 25.8 Å². The number of oxazole rings is 1. The fraction of sp³-hybridized carbons (Fsp3) is 0.625. The van der Waals surface area contributed by atoms with Crippen LogP contribution in [0.1, 0.15) is 31.5 Å². The summed E-state index contributed by atoms with van der Waals surface area (Å²) in [7, 11) is 1.73. The van der Waals surface area contributed by atoms with Crippen LogP contribution in [-0.4, -0.2) is 12.0 Å². The Morgan fingerprint density at radius 1 is 1.62 bits per heavy atom. The van der Waals surface area contributed by atoms with Gasteiger partial charge in [0.2, 0.25) is 0 Å². The zero-order valence-electron chi connectivity index (χ0n) is 7.77. The van der Waals surface area contributed by atoms with Crippen molar-refractivity contribution in [2.24, 2.45) is 0 Å². The molecule has 74 valence electrons. The second-order valence-corrected chi connectivity index (χ2v) is 2.98. The molecule has 0 spiro atoms. The van der Waals surface area contributed by atoms with Crippen molar-refractivity contribution in [1.29, 1.82) is 0 Å². The molecular weight excluding hydrogens is 178 g/mol. The third kappa shape index (κ3) is 2.24. The molecule has 1 aromatic rings. The van der Waals surface area contributed by atoms with Gasteiger partial charge in [0, 0.05) is 13.0 Å². The van der Waals surface area contributed by atoms with E-state index in [9.17, 15) is 8.78 Å². The van der Waals surface area contributed by atoms with Gasteiger partial charge in [0.25, 0.3) is 5.89 Å². The molecule has 0 aliphatic carbocycles. The molecule has 1 unspecified atom stereocenters. The van der Waals surface area contributed by atoms with E-state index in [4.69, 9.17) is 0 Å². The average molecular weight is 190 g/mol. The molecule has 1 N–H and O–H groups in total. The van der Waals surface area contributed by atoms with Gasteiger partial charge in [-0.2, -0.15) is 8.78 Å². The zero-order valence-corrected chi connectivity index (χ0v) is 7.77. The minimum atomic E-state index is -3.01. The van der Waals surface area contributed by atoms with E-state index in [-0.39, 0.29) is 6.04 Å². The van der Waals surface area contributed by atoms with E-state index in [0.717, 1.165) is 6.92 Å². The first-order chi connectivity index (χ1) is 5.95. The molecule has 0 amide bonds. The van der Waals surface area contributed by atoms with Crippen molar-refractivity contribution in [2.75, 3.05) is 7.05 Å². The summed E-state index contributed by atoms with van der Waals surface area (Å²) in [5, 5.41) is 2.88. The van der Waals surface area contributed by atoms with Gasteiger partial charge in [-0.15, -0.1) is 0 Å². The van der Waals surface area contributed by atoms with E-state index < -0.39 is 11.8 Å². The lowest BCUT2D eigenvalue weighted by Crippen LogP contribution is -2.14. The maximum atomic E-state index is 12.7. The number of hydrogen-bond donors (Lipinski definition) is 1. The number of nitrogens with zero attached hydrogens (tertiary/aromatic N) is 1. The summed E-state index contributed by atoms with van der Waals surface area (Å²) >= 11 is 0. The number of alkyl halides is 2. The largest absolute Gasteiger partial charge is 0.443 e. The van der Waals surface area contributed by atoms with Gasteiger partial charge in [-0.05, 0) is 14.0 Å². The summed E-state index contributed by atoms with van der Waals surface area (Å²) in [6, 6.07) is -0.0835. The summed E-state index contributed by atoms with van der Waals surface area (Å²) in [5.41, 5.74) is 0.485. The van der Waals surface area contributed by atoms with Gasteiger partial charge in [0.05, 0.1) is 5.69 Å². The quantitative estimate of drug-likeness (QED) is 0.792. The predicted octanol–water partition coefficient (Wildman–Crippen LogP) is 2.07. The first-order valence-corrected chi connectivity index (χ1v) is 3.96. The van der Waals surface area contributed by atoms with Crippen LogP contribution in [0.3, 0.4) is 0 Å². The minimum absolute atomic E-state index is 0.0835. The molecule has 0 aliphatic heterocycles. The second-order valence-electron chi connectivity index (χ2n) is 2.98. The van der Waals surface area contributed by atoms with Crippen LogP contribution in [0.4, 0.5) is 8.78 Å². The van der Waals surface area contributed by atoms with Gasteiger partial charge in [0.15, 0.2) is 0 Å². The Labute approximate surface area is 75.2 Å². The third-order valence-electron chi connectivity index (χ3n) is 1.77. The molecule has 13 heavy (non-hydrogen) atoms. The Kier molecular flexibility index (Phi) is 2.66. The van der Waals surface area contributed by atoms with Gasteiger partial charge in [0.1, 0.15) is 6.26 Å². The van der Waals surface area contributed by atoms with Crippen LogP contribution in [0.15, 0.2) is 10.7 Å². The summed E-state index contributed by atoms with van der Waals surface area (Å²) in [6.07, 6.45) is 1.24. The Morgan fingerprint density at radius 2 is 2.23 bits per heavy atom. The van der Waals surface area contributed by atoms with Crippen molar-refractivity contribution in [3.05, 3.63) is 17.8 Å². The molecule has 0 saturated carbocycles. The monoisotopic (exact) mass is 190 g/mol. The number of aromatic nitrogens is 1. The standard InChI is InChI=1S/C8H12F2N2O/c1-5(11-3)6-4-13-7(12-6)8(2,9)10/h4-5,11H,1-3H3. The normalized spacial score (nSPS) is 14.5. The molecule has 1 rings (SSSR count). The van der Waals surface area contributed by atoms with Crippen LogP contribution in [0.5, 0.6) is 0 Å². The molecule has 0 fully saturated rings. The molecule has 0 aromatic carbocycles. The Balaban J connectivity index is 2.87. The number of hydrogen-bond acceptors (Lipinski definition) is 3. The van der Waals surface area contributed by atoms with Crippen LogP contribution < -0.4 is 5.32 Å². The van der Waals surface area contributed by atoms with Crippen LogP contribution in [0.25, 0.3) is 0 Å². The van der Waals surface area contributed by atoms with Crippen molar-refractivity contribution in [3.8, 4) is 0 Å². The number of nitrogens with one attached hydrogen (secondary N) is 1. The van der Waals surface area contributed by atoms with Gasteiger partial charge >= 0.3 is 5.92 Å². The lowest BCUT2D eigenvalue weighted by Gasteiger charge is -2.05. The molecule has 0 saturated heterocycles. The number of rotatable bonds is 3. The van der Waals surface area contributed by atoms with E-state index in [1.54, 1.807) is 7.05 Å². The fourth-order valence-electron chi connectivity index (χ4n) is 0.835. The van der Waals surface area contributed by atoms with Gasteiger partial charge in [-0.25, -0.2) is 4.98 Å². The molecule has 0 aliphatic rings. The van der Waals surface area contributed by atoms with Crippen molar-refractivity contribution < 1.29 is 13.2 Å². The maximum absolute atomic E-state index is 12.7. The maximum Gasteiger partial charge on any atom is 0.319 e. The Hall–Kier alpha value is -0.970. The summed E-state index contributed by atoms with van der Waals surface area (Å²) < 4.78 is 30.0. The highest BCUT2D eigenvalue weighted by atomic mass is 19.3. The summed E-state index contributed by atoms with van der Waals surface area (Å²) in [4.78, 5) is 3.67. The summed E-state index contributed by atoms with van der Waals surface area (Å²) in [5.74, 6) is -3.55. The smallest absolute Gasteiger partial charge is 0.319 e. The van der Waals surface area contributed by atoms with E-state index in [1.165, 1.54) is 6.26 Å². The highest BCUT2D eigenvalue weighted by molar-refractivity contribution is 5.04. The van der Waals surface area contributed by atoms with E-state index in [2.05, 4.69) is 14.7 Å². The van der Waals surface area contributed by atoms with Crippen molar-refractivity contribution in [3.63, 3.8) is 0 Å². The minimum Gasteiger partial charge on any atom is -0.443 e. The molecule has 3 nitrogen and oxygen atoms in total. The SMILES string of the molecule is CNC(C)c1coc(C(C)(F)F)n1. The molecule has 0 bridgehead atoms. The first kappa shape index (κ1) is 10.1. The highest BCUT2D eigenvalue weighted by Crippen LogP contribution is 2.26. The van der Waals surface area contributed by atoms with Crippen LogP contribution >= 0.6 is 0 Å². The Bertz CT molecular complexity index is 280. The predicted molar refractivity (Wildman–Crippen MR) is 43.5 cm³/mol. The van der Waals surface area contributed by atoms with Crippen molar-refractivity contribution in [1.82, 2.24) is 10.3 Å². The van der Waals surface area contributed by atoms with E-state index >= 15 is 0 Å². The van der Waals surface area contributed by atoms with Gasteiger partial charge in [-0.1, -0.05) is 0 Å². The number of halogens is 2. The van der Waals surface area contributed by atoms with Gasteiger partial charge in [-0.3, -0.25) is 0 Å². The first-order valence-electron chi connectivity index (χ1n) is 3.96. The van der Waals surface area contributed by atoms with E-state index in [0.29, 0.717) is 5.69 Å². The second kappa shape index (κ2) is 3.41. The zero-order chi connectivity index (χ0) is 10.1. The van der Waals surface area contributed by atoms with Crippen LogP contribution in [0, 0.1) is 0 Å². The van der Waals surface area contributed by atoms with Gasteiger partial charge < -0.3 is 9.73 Å². The van der Waals surface area contributed by atoms with E-state index in [1.807, 2.05) is 6.92 Å². The average Bonchev–Trinajstić information content (AvgIpc) is 2.50. The molecule has 0 radical (unpaired) electrons. The molecule has 1 aromatic heterocycles. The lowest BCUT2D eigenvalue weighted by atomic mass is 10.3. The Morgan fingerprint density at radius 3 is 2.62 bits per heavy atom. The van der Waals surface area contributed by atoms with Crippen LogP contribution in [-0.2, 0) is 5.92 Å². The molecular formula is C8H12F2N2O. The van der Waals surface area contributed by atoms with Crippen molar-refractivity contribution >= 4 is 0 Å². The lowest BCUT2D eigenvalue weighted by molar-refractivity contribution is -0.0109. The third-order valence-corrected chi connectivity index (χ3v) is 1.77. The van der Waals surface area contributed by atoms with Crippen LogP contribution in [0.2, 0.25) is 0 Å². The molecule has 1 atom stereocenters. The molecule has 5 heteroatoms. The summed E-state index contributed by atoms with van der Waals surface area (Å²) in [6.45, 7) is 2.57. The highest BCUT2D eigenvalue weighted by Gasteiger charge is 2.31.